The molecule has 0 saturated heterocycles. The van der Waals surface area contributed by atoms with Crippen LogP contribution in [-0.2, 0) is 17.1 Å². The van der Waals surface area contributed by atoms with Gasteiger partial charge in [-0.05, 0) is 18.6 Å². The lowest BCUT2D eigenvalue weighted by Crippen LogP contribution is -2.31. The Balaban J connectivity index is 2.39. The van der Waals surface area contributed by atoms with Crippen molar-refractivity contribution in [3.8, 4) is 0 Å². The zero-order chi connectivity index (χ0) is 14.9. The van der Waals surface area contributed by atoms with Crippen molar-refractivity contribution in [3.05, 3.63) is 40.5 Å². The second-order valence-electron chi connectivity index (χ2n) is 4.41. The summed E-state index contributed by atoms with van der Waals surface area (Å²) in [5.74, 6) is 0. The zero-order valence-electron chi connectivity index (χ0n) is 11.4. The van der Waals surface area contributed by atoms with Gasteiger partial charge in [0.2, 0.25) is 0 Å². The van der Waals surface area contributed by atoms with E-state index in [1.54, 1.807) is 14.1 Å². The first-order chi connectivity index (χ1) is 9.35. The van der Waals surface area contributed by atoms with Crippen LogP contribution in [0.2, 0.25) is 0 Å². The van der Waals surface area contributed by atoms with Crippen LogP contribution in [0.3, 0.4) is 0 Å². The molecule has 2 aromatic rings. The highest BCUT2D eigenvalue weighted by Gasteiger charge is 2.29. The molecule has 0 radical (unpaired) electrons. The summed E-state index contributed by atoms with van der Waals surface area (Å²) in [7, 11) is -0.540. The van der Waals surface area contributed by atoms with Gasteiger partial charge in [-0.3, -0.25) is 0 Å². The van der Waals surface area contributed by atoms with Gasteiger partial charge in [0.1, 0.15) is 0 Å². The van der Waals surface area contributed by atoms with E-state index in [-0.39, 0.29) is 11.1 Å². The number of benzene rings is 1. The second-order valence-corrected chi connectivity index (χ2v) is 7.21. The third-order valence-electron chi connectivity index (χ3n) is 3.22. The Labute approximate surface area is 126 Å². The lowest BCUT2D eigenvalue weighted by atomic mass is 10.1. The summed E-state index contributed by atoms with van der Waals surface area (Å²) in [6.45, 7) is 1.83. The fourth-order valence-electron chi connectivity index (χ4n) is 1.88. The van der Waals surface area contributed by atoms with Gasteiger partial charge < -0.3 is 0 Å². The molecule has 8 heteroatoms. The molecule has 108 valence electrons. The highest BCUT2D eigenvalue weighted by Crippen LogP contribution is 2.29. The molecule has 1 heterocycles. The van der Waals surface area contributed by atoms with E-state index >= 15 is 0 Å². The van der Waals surface area contributed by atoms with Crippen LogP contribution in [0.5, 0.6) is 0 Å². The molecule has 0 aliphatic heterocycles. The van der Waals surface area contributed by atoms with Crippen molar-refractivity contribution in [2.45, 2.75) is 18.0 Å². The molecule has 1 aromatic carbocycles. The molecular weight excluding hydrogens is 344 g/mol. The van der Waals surface area contributed by atoms with E-state index in [2.05, 4.69) is 26.2 Å². The molecule has 0 spiro atoms. The molecule has 1 atom stereocenters. The largest absolute Gasteiger partial charge is 0.262 e. The minimum Gasteiger partial charge on any atom is -0.236 e. The Morgan fingerprint density at radius 1 is 1.35 bits per heavy atom. The first-order valence-electron chi connectivity index (χ1n) is 5.93. The summed E-state index contributed by atoms with van der Waals surface area (Å²) < 4.78 is 28.5. The Hall–Kier alpha value is -1.25. The van der Waals surface area contributed by atoms with Crippen molar-refractivity contribution >= 4 is 26.0 Å². The smallest absolute Gasteiger partial charge is 0.236 e. The van der Waals surface area contributed by atoms with E-state index in [1.165, 1.54) is 15.2 Å². The van der Waals surface area contributed by atoms with Gasteiger partial charge in [0.05, 0.1) is 6.20 Å². The Kier molecular flexibility index (Phi) is 4.26. The molecule has 2 rings (SSSR count). The van der Waals surface area contributed by atoms with Gasteiger partial charge in [0.25, 0.3) is 10.0 Å². The number of sulfonamides is 1. The molecule has 0 fully saturated rings. The minimum atomic E-state index is -3.64. The van der Waals surface area contributed by atoms with Crippen LogP contribution in [-0.4, -0.2) is 34.8 Å². The fourth-order valence-corrected chi connectivity index (χ4v) is 3.87. The summed E-state index contributed by atoms with van der Waals surface area (Å²) in [5, 5.41) is 7.35. The predicted octanol–water partition coefficient (Wildman–Crippen LogP) is 1.96. The second kappa shape index (κ2) is 5.63. The first kappa shape index (κ1) is 15.1. The van der Waals surface area contributed by atoms with E-state index < -0.39 is 10.0 Å². The van der Waals surface area contributed by atoms with E-state index in [4.69, 9.17) is 0 Å². The summed E-state index contributed by atoms with van der Waals surface area (Å²) >= 11 is 3.44. The Bertz CT molecular complexity index is 714. The number of nitrogens with zero attached hydrogens (tertiary/aromatic N) is 4. The predicted molar refractivity (Wildman–Crippen MR) is 78.5 cm³/mol. The molecule has 0 saturated carbocycles. The van der Waals surface area contributed by atoms with E-state index in [0.717, 1.165) is 10.0 Å². The summed E-state index contributed by atoms with van der Waals surface area (Å²) in [4.78, 5) is 0. The highest BCUT2D eigenvalue weighted by atomic mass is 79.9. The van der Waals surface area contributed by atoms with Crippen LogP contribution in [0, 0.1) is 0 Å². The summed E-state index contributed by atoms with van der Waals surface area (Å²) in [6, 6.07) is 7.23. The molecule has 0 aliphatic rings. The lowest BCUT2D eigenvalue weighted by molar-refractivity contribution is 0.392. The molecule has 0 aliphatic carbocycles. The molecule has 0 amide bonds. The maximum absolute atomic E-state index is 12.5. The lowest BCUT2D eigenvalue weighted by Gasteiger charge is -2.25. The zero-order valence-corrected chi connectivity index (χ0v) is 13.8. The monoisotopic (exact) mass is 358 g/mol. The van der Waals surface area contributed by atoms with Crippen LogP contribution in [0.15, 0.2) is 40.0 Å². The quantitative estimate of drug-likeness (QED) is 0.837. The maximum Gasteiger partial charge on any atom is 0.262 e. The van der Waals surface area contributed by atoms with Gasteiger partial charge in [-0.1, -0.05) is 39.3 Å². The van der Waals surface area contributed by atoms with Crippen LogP contribution in [0.1, 0.15) is 18.5 Å². The molecule has 0 bridgehead atoms. The number of aromatic nitrogens is 3. The third kappa shape index (κ3) is 2.63. The standard InChI is InChI=1S/C12H15BrN4O2S/c1-9(10-6-4-5-7-11(10)13)17(3)20(18,19)12-8-14-15-16(12)2/h4-9H,1-3H3. The average Bonchev–Trinajstić information content (AvgIpc) is 2.84. The van der Waals surface area contributed by atoms with Crippen molar-refractivity contribution in [3.63, 3.8) is 0 Å². The minimum absolute atomic E-state index is 0.0684. The SMILES string of the molecule is CC(c1ccccc1Br)N(C)S(=O)(=O)c1cnnn1C. The van der Waals surface area contributed by atoms with Gasteiger partial charge in [0.15, 0.2) is 5.03 Å². The van der Waals surface area contributed by atoms with Crippen molar-refractivity contribution < 1.29 is 8.42 Å². The topological polar surface area (TPSA) is 68.1 Å². The molecule has 1 unspecified atom stereocenters. The first-order valence-corrected chi connectivity index (χ1v) is 8.16. The molecule has 6 nitrogen and oxygen atoms in total. The van der Waals surface area contributed by atoms with Crippen molar-refractivity contribution in [2.24, 2.45) is 7.05 Å². The van der Waals surface area contributed by atoms with E-state index in [0.29, 0.717) is 0 Å². The van der Waals surface area contributed by atoms with Gasteiger partial charge >= 0.3 is 0 Å². The summed E-state index contributed by atoms with van der Waals surface area (Å²) in [5.41, 5.74) is 0.897. The van der Waals surface area contributed by atoms with E-state index in [1.807, 2.05) is 31.2 Å². The summed E-state index contributed by atoms with van der Waals surface area (Å²) in [6.07, 6.45) is 1.25. The number of halogens is 1. The Morgan fingerprint density at radius 3 is 2.55 bits per heavy atom. The van der Waals surface area contributed by atoms with Gasteiger partial charge in [-0.25, -0.2) is 13.1 Å². The van der Waals surface area contributed by atoms with Crippen molar-refractivity contribution in [1.82, 2.24) is 19.3 Å². The van der Waals surface area contributed by atoms with E-state index in [9.17, 15) is 8.42 Å². The van der Waals surface area contributed by atoms with Crippen LogP contribution in [0.25, 0.3) is 0 Å². The van der Waals surface area contributed by atoms with Crippen LogP contribution in [0.4, 0.5) is 0 Å². The van der Waals surface area contributed by atoms with Crippen molar-refractivity contribution in [1.29, 1.82) is 0 Å². The third-order valence-corrected chi connectivity index (χ3v) is 5.91. The maximum atomic E-state index is 12.5. The van der Waals surface area contributed by atoms with Gasteiger partial charge in [0, 0.05) is 24.6 Å². The molecule has 20 heavy (non-hydrogen) atoms. The highest BCUT2D eigenvalue weighted by molar-refractivity contribution is 9.10. The Morgan fingerprint density at radius 2 is 2.00 bits per heavy atom. The van der Waals surface area contributed by atoms with Gasteiger partial charge in [-0.2, -0.15) is 4.31 Å². The van der Waals surface area contributed by atoms with Crippen molar-refractivity contribution in [2.75, 3.05) is 7.05 Å². The fraction of sp³-hybridized carbons (Fsp3) is 0.333. The van der Waals surface area contributed by atoms with Crippen LogP contribution < -0.4 is 0 Å². The number of hydrogen-bond donors (Lipinski definition) is 0. The molecular formula is C12H15BrN4O2S. The average molecular weight is 359 g/mol. The number of rotatable bonds is 4. The normalized spacial score (nSPS) is 13.7. The van der Waals surface area contributed by atoms with Crippen LogP contribution >= 0.6 is 15.9 Å². The number of aryl methyl sites for hydroxylation is 1. The molecule has 1 aromatic heterocycles. The van der Waals surface area contributed by atoms with Gasteiger partial charge in [-0.15, -0.1) is 5.10 Å². The molecule has 0 N–H and O–H groups in total. The number of hydrogen-bond acceptors (Lipinski definition) is 4.